The topological polar surface area (TPSA) is 12.0 Å². The minimum atomic E-state index is -0.130. The predicted octanol–water partition coefficient (Wildman–Crippen LogP) is 3.34. The van der Waals surface area contributed by atoms with Crippen LogP contribution in [0.2, 0.25) is 0 Å². The molecule has 0 spiro atoms. The molecule has 0 heterocycles. The van der Waals surface area contributed by atoms with Crippen LogP contribution in [0.15, 0.2) is 18.2 Å². The summed E-state index contributed by atoms with van der Waals surface area (Å²) < 4.78 is 13.0. The van der Waals surface area contributed by atoms with E-state index >= 15 is 0 Å². The molecule has 0 aliphatic heterocycles. The lowest BCUT2D eigenvalue weighted by molar-refractivity contribution is 0.618. The maximum absolute atomic E-state index is 13.0. The van der Waals surface area contributed by atoms with Crippen molar-refractivity contribution < 1.29 is 4.39 Å². The molecule has 1 nitrogen and oxygen atoms in total. The molecule has 1 atom stereocenters. The van der Waals surface area contributed by atoms with Gasteiger partial charge in [-0.2, -0.15) is 0 Å². The molecule has 1 aliphatic rings. The Hall–Kier alpha value is -1.05. The first kappa shape index (κ1) is 9.50. The second kappa shape index (κ2) is 3.60. The number of halogens is 1. The molecule has 0 bridgehead atoms. The summed E-state index contributed by atoms with van der Waals surface area (Å²) in [6.45, 7) is 3.98. The average molecular weight is 193 g/mol. The highest BCUT2D eigenvalue weighted by Crippen LogP contribution is 2.34. The van der Waals surface area contributed by atoms with Crippen LogP contribution in [0.3, 0.4) is 0 Å². The van der Waals surface area contributed by atoms with Crippen LogP contribution >= 0.6 is 0 Å². The molecule has 1 N–H and O–H groups in total. The zero-order valence-electron chi connectivity index (χ0n) is 8.68. The molecule has 1 fully saturated rings. The number of hydrogen-bond donors (Lipinski definition) is 1. The SMILES string of the molecule is Cc1cc(N[C@@H](C)C2CC2)ccc1F. The Morgan fingerprint density at radius 2 is 2.14 bits per heavy atom. The highest BCUT2D eigenvalue weighted by molar-refractivity contribution is 5.46. The van der Waals surface area contributed by atoms with Gasteiger partial charge in [0, 0.05) is 11.7 Å². The van der Waals surface area contributed by atoms with Crippen LogP contribution in [-0.2, 0) is 0 Å². The molecule has 1 aromatic rings. The fourth-order valence-electron chi connectivity index (χ4n) is 1.71. The molecule has 2 rings (SSSR count). The first-order valence-corrected chi connectivity index (χ1v) is 5.19. The summed E-state index contributed by atoms with van der Waals surface area (Å²) >= 11 is 0. The summed E-state index contributed by atoms with van der Waals surface area (Å²) in [5.74, 6) is 0.690. The van der Waals surface area contributed by atoms with E-state index < -0.39 is 0 Å². The van der Waals surface area contributed by atoms with Crippen molar-refractivity contribution in [3.05, 3.63) is 29.6 Å². The molecule has 0 radical (unpaired) electrons. The summed E-state index contributed by atoms with van der Waals surface area (Å²) in [6.07, 6.45) is 2.66. The van der Waals surface area contributed by atoms with E-state index in [1.165, 1.54) is 18.9 Å². The van der Waals surface area contributed by atoms with Gasteiger partial charge in [-0.15, -0.1) is 0 Å². The number of benzene rings is 1. The van der Waals surface area contributed by atoms with E-state index in [2.05, 4.69) is 12.2 Å². The fourth-order valence-corrected chi connectivity index (χ4v) is 1.71. The van der Waals surface area contributed by atoms with Gasteiger partial charge in [0.15, 0.2) is 0 Å². The normalized spacial score (nSPS) is 17.9. The van der Waals surface area contributed by atoms with Crippen LogP contribution < -0.4 is 5.32 Å². The number of anilines is 1. The van der Waals surface area contributed by atoms with Crippen molar-refractivity contribution in [2.45, 2.75) is 32.7 Å². The summed E-state index contributed by atoms with van der Waals surface area (Å²) in [5, 5.41) is 3.41. The van der Waals surface area contributed by atoms with Crippen LogP contribution in [0.1, 0.15) is 25.3 Å². The molecule has 1 saturated carbocycles. The molecule has 76 valence electrons. The maximum Gasteiger partial charge on any atom is 0.126 e. The maximum atomic E-state index is 13.0. The highest BCUT2D eigenvalue weighted by atomic mass is 19.1. The van der Waals surface area contributed by atoms with Gasteiger partial charge in [0.1, 0.15) is 5.82 Å². The number of rotatable bonds is 3. The van der Waals surface area contributed by atoms with Crippen LogP contribution in [0.4, 0.5) is 10.1 Å². The number of nitrogens with one attached hydrogen (secondary N) is 1. The van der Waals surface area contributed by atoms with Gasteiger partial charge in [0.2, 0.25) is 0 Å². The van der Waals surface area contributed by atoms with E-state index in [0.717, 1.165) is 11.6 Å². The van der Waals surface area contributed by atoms with E-state index in [9.17, 15) is 4.39 Å². The van der Waals surface area contributed by atoms with E-state index in [-0.39, 0.29) is 5.82 Å². The minimum absolute atomic E-state index is 0.130. The van der Waals surface area contributed by atoms with Gasteiger partial charge < -0.3 is 5.32 Å². The van der Waals surface area contributed by atoms with E-state index in [4.69, 9.17) is 0 Å². The van der Waals surface area contributed by atoms with Gasteiger partial charge in [0.05, 0.1) is 0 Å². The molecular weight excluding hydrogens is 177 g/mol. The zero-order chi connectivity index (χ0) is 10.1. The lowest BCUT2D eigenvalue weighted by Gasteiger charge is -2.14. The van der Waals surface area contributed by atoms with Crippen molar-refractivity contribution >= 4 is 5.69 Å². The molecule has 0 aromatic heterocycles. The van der Waals surface area contributed by atoms with Gasteiger partial charge in [-0.1, -0.05) is 0 Å². The lowest BCUT2D eigenvalue weighted by Crippen LogP contribution is -2.17. The van der Waals surface area contributed by atoms with Crippen molar-refractivity contribution in [3.8, 4) is 0 Å². The lowest BCUT2D eigenvalue weighted by atomic mass is 10.1. The monoisotopic (exact) mass is 193 g/mol. The van der Waals surface area contributed by atoms with Gasteiger partial charge in [-0.3, -0.25) is 0 Å². The van der Waals surface area contributed by atoms with Crippen LogP contribution in [0.25, 0.3) is 0 Å². The predicted molar refractivity (Wildman–Crippen MR) is 56.9 cm³/mol. The van der Waals surface area contributed by atoms with Crippen LogP contribution in [-0.4, -0.2) is 6.04 Å². The van der Waals surface area contributed by atoms with Gasteiger partial charge in [-0.25, -0.2) is 4.39 Å². The van der Waals surface area contributed by atoms with Crippen molar-refractivity contribution in [1.29, 1.82) is 0 Å². The third-order valence-electron chi connectivity index (χ3n) is 2.88. The minimum Gasteiger partial charge on any atom is -0.382 e. The fraction of sp³-hybridized carbons (Fsp3) is 0.500. The molecule has 1 aliphatic carbocycles. The quantitative estimate of drug-likeness (QED) is 0.776. The van der Waals surface area contributed by atoms with Gasteiger partial charge in [-0.05, 0) is 56.4 Å². The number of hydrogen-bond acceptors (Lipinski definition) is 1. The van der Waals surface area contributed by atoms with Crippen LogP contribution in [0.5, 0.6) is 0 Å². The highest BCUT2D eigenvalue weighted by Gasteiger charge is 2.27. The largest absolute Gasteiger partial charge is 0.382 e. The van der Waals surface area contributed by atoms with E-state index in [0.29, 0.717) is 11.6 Å². The Morgan fingerprint density at radius 3 is 2.71 bits per heavy atom. The summed E-state index contributed by atoms with van der Waals surface area (Å²) in [4.78, 5) is 0. The summed E-state index contributed by atoms with van der Waals surface area (Å²) in [7, 11) is 0. The molecule has 1 aromatic carbocycles. The second-order valence-corrected chi connectivity index (χ2v) is 4.23. The zero-order valence-corrected chi connectivity index (χ0v) is 8.68. The van der Waals surface area contributed by atoms with Crippen molar-refractivity contribution in [2.24, 2.45) is 5.92 Å². The number of aryl methyl sites for hydroxylation is 1. The third kappa shape index (κ3) is 2.06. The van der Waals surface area contributed by atoms with Crippen molar-refractivity contribution in [2.75, 3.05) is 5.32 Å². The Kier molecular flexibility index (Phi) is 2.44. The standard InChI is InChI=1S/C12H16FN/c1-8-7-11(5-6-12(8)13)14-9(2)10-3-4-10/h5-7,9-10,14H,3-4H2,1-2H3/t9-/m0/s1. The smallest absolute Gasteiger partial charge is 0.126 e. The van der Waals surface area contributed by atoms with Gasteiger partial charge >= 0.3 is 0 Å². The average Bonchev–Trinajstić information content (AvgIpc) is 2.94. The molecule has 2 heteroatoms. The van der Waals surface area contributed by atoms with Crippen molar-refractivity contribution in [3.63, 3.8) is 0 Å². The molecule has 14 heavy (non-hydrogen) atoms. The Morgan fingerprint density at radius 1 is 1.43 bits per heavy atom. The Bertz CT molecular complexity index is 331. The van der Waals surface area contributed by atoms with Crippen LogP contribution in [0, 0.1) is 18.7 Å². The van der Waals surface area contributed by atoms with E-state index in [1.807, 2.05) is 6.07 Å². The Balaban J connectivity index is 2.04. The van der Waals surface area contributed by atoms with E-state index in [1.54, 1.807) is 13.0 Å². The summed E-state index contributed by atoms with van der Waals surface area (Å²) in [6, 6.07) is 5.71. The first-order chi connectivity index (χ1) is 6.66. The molecule has 0 amide bonds. The first-order valence-electron chi connectivity index (χ1n) is 5.19. The Labute approximate surface area is 84.3 Å². The third-order valence-corrected chi connectivity index (χ3v) is 2.88. The molecular formula is C12H16FN. The molecule has 0 unspecified atom stereocenters. The molecule has 0 saturated heterocycles. The second-order valence-electron chi connectivity index (χ2n) is 4.23. The summed E-state index contributed by atoms with van der Waals surface area (Å²) in [5.41, 5.74) is 1.74. The van der Waals surface area contributed by atoms with Crippen molar-refractivity contribution in [1.82, 2.24) is 0 Å². The van der Waals surface area contributed by atoms with Gasteiger partial charge in [0.25, 0.3) is 0 Å².